The van der Waals surface area contributed by atoms with E-state index in [0.29, 0.717) is 17.1 Å². The Bertz CT molecular complexity index is 1090. The summed E-state index contributed by atoms with van der Waals surface area (Å²) in [6, 6.07) is 12.7. The summed E-state index contributed by atoms with van der Waals surface area (Å²) >= 11 is 6.00. The normalized spacial score (nSPS) is 11.0. The van der Waals surface area contributed by atoms with Crippen molar-refractivity contribution >= 4 is 17.5 Å². The number of rotatable bonds is 6. The van der Waals surface area contributed by atoms with Crippen molar-refractivity contribution in [3.8, 4) is 0 Å². The van der Waals surface area contributed by atoms with Crippen LogP contribution in [0, 0.1) is 5.82 Å². The van der Waals surface area contributed by atoms with Crippen molar-refractivity contribution in [3.05, 3.63) is 91.5 Å². The number of nitrogens with zero attached hydrogens (tertiary/aromatic N) is 3. The molecular weight excluding hydrogens is 383 g/mol. The minimum Gasteiger partial charge on any atom is -0.351 e. The van der Waals surface area contributed by atoms with Gasteiger partial charge in [-0.1, -0.05) is 35.9 Å². The van der Waals surface area contributed by atoms with Crippen LogP contribution in [0.3, 0.4) is 0 Å². The highest BCUT2D eigenvalue weighted by molar-refractivity contribution is 6.30. The van der Waals surface area contributed by atoms with E-state index in [1.165, 1.54) is 16.7 Å². The predicted molar refractivity (Wildman–Crippen MR) is 107 cm³/mol. The van der Waals surface area contributed by atoms with Crippen LogP contribution in [-0.2, 0) is 13.1 Å². The van der Waals surface area contributed by atoms with E-state index in [0.717, 1.165) is 10.1 Å². The topological polar surface area (TPSA) is 68.9 Å². The van der Waals surface area contributed by atoms with E-state index in [1.54, 1.807) is 38.1 Å². The molecule has 0 amide bonds. The number of anilines is 1. The molecule has 0 unspecified atom stereocenters. The Morgan fingerprint density at radius 1 is 1.11 bits per heavy atom. The third-order valence-corrected chi connectivity index (χ3v) is 4.45. The summed E-state index contributed by atoms with van der Waals surface area (Å²) in [7, 11) is 0. The third-order valence-electron chi connectivity index (χ3n) is 4.21. The summed E-state index contributed by atoms with van der Waals surface area (Å²) in [5.41, 5.74) is 0.491. The second kappa shape index (κ2) is 8.39. The van der Waals surface area contributed by atoms with E-state index < -0.39 is 11.4 Å². The van der Waals surface area contributed by atoms with E-state index in [9.17, 15) is 14.0 Å². The molecule has 0 saturated carbocycles. The monoisotopic (exact) mass is 402 g/mol. The molecule has 28 heavy (non-hydrogen) atoms. The SMILES string of the molecule is CC(C)n1c(=O)nc(NCc2cccc(Cl)c2)n(Cc2ccc(F)cc2)c1=O. The van der Waals surface area contributed by atoms with Crippen LogP contribution in [-0.4, -0.2) is 14.1 Å². The van der Waals surface area contributed by atoms with Crippen LogP contribution in [0.5, 0.6) is 0 Å². The highest BCUT2D eigenvalue weighted by Gasteiger charge is 2.15. The zero-order chi connectivity index (χ0) is 20.3. The molecule has 0 radical (unpaired) electrons. The highest BCUT2D eigenvalue weighted by Crippen LogP contribution is 2.13. The molecule has 1 heterocycles. The van der Waals surface area contributed by atoms with Crippen LogP contribution < -0.4 is 16.7 Å². The van der Waals surface area contributed by atoms with Gasteiger partial charge in [-0.15, -0.1) is 0 Å². The molecule has 3 aromatic rings. The first kappa shape index (κ1) is 19.8. The fourth-order valence-electron chi connectivity index (χ4n) is 2.83. The zero-order valence-corrected chi connectivity index (χ0v) is 16.3. The minimum absolute atomic E-state index is 0.149. The van der Waals surface area contributed by atoms with Crippen molar-refractivity contribution in [2.24, 2.45) is 0 Å². The van der Waals surface area contributed by atoms with Gasteiger partial charge >= 0.3 is 11.4 Å². The fraction of sp³-hybridized carbons (Fsp3) is 0.250. The van der Waals surface area contributed by atoms with Gasteiger partial charge in [0, 0.05) is 17.6 Å². The van der Waals surface area contributed by atoms with E-state index in [1.807, 2.05) is 12.1 Å². The van der Waals surface area contributed by atoms with Gasteiger partial charge in [-0.05, 0) is 49.2 Å². The maximum atomic E-state index is 13.2. The van der Waals surface area contributed by atoms with E-state index in [4.69, 9.17) is 11.6 Å². The molecule has 0 spiro atoms. The molecule has 8 heteroatoms. The van der Waals surface area contributed by atoms with Crippen LogP contribution in [0.2, 0.25) is 5.02 Å². The summed E-state index contributed by atoms with van der Waals surface area (Å²) < 4.78 is 15.7. The number of nitrogens with one attached hydrogen (secondary N) is 1. The predicted octanol–water partition coefficient (Wildman–Crippen LogP) is 3.44. The van der Waals surface area contributed by atoms with Gasteiger partial charge < -0.3 is 5.32 Å². The lowest BCUT2D eigenvalue weighted by atomic mass is 10.2. The first-order valence-electron chi connectivity index (χ1n) is 8.81. The van der Waals surface area contributed by atoms with Gasteiger partial charge in [-0.3, -0.25) is 4.57 Å². The van der Waals surface area contributed by atoms with Crippen LogP contribution in [0.25, 0.3) is 0 Å². The maximum Gasteiger partial charge on any atom is 0.355 e. The highest BCUT2D eigenvalue weighted by atomic mass is 35.5. The van der Waals surface area contributed by atoms with Gasteiger partial charge in [-0.25, -0.2) is 18.5 Å². The van der Waals surface area contributed by atoms with Crippen molar-refractivity contribution in [1.82, 2.24) is 14.1 Å². The van der Waals surface area contributed by atoms with Crippen LogP contribution in [0.15, 0.2) is 58.1 Å². The molecule has 0 fully saturated rings. The van der Waals surface area contributed by atoms with Gasteiger partial charge in [0.15, 0.2) is 0 Å². The number of benzene rings is 2. The number of hydrogen-bond donors (Lipinski definition) is 1. The molecule has 2 aromatic carbocycles. The van der Waals surface area contributed by atoms with E-state index in [2.05, 4.69) is 10.3 Å². The molecule has 0 bridgehead atoms. The Morgan fingerprint density at radius 2 is 1.82 bits per heavy atom. The van der Waals surface area contributed by atoms with Gasteiger partial charge in [0.2, 0.25) is 5.95 Å². The molecule has 0 saturated heterocycles. The van der Waals surface area contributed by atoms with Crippen LogP contribution in [0.1, 0.15) is 31.0 Å². The molecule has 1 N–H and O–H groups in total. The van der Waals surface area contributed by atoms with Crippen molar-refractivity contribution in [1.29, 1.82) is 0 Å². The fourth-order valence-corrected chi connectivity index (χ4v) is 3.04. The molecule has 0 aliphatic carbocycles. The van der Waals surface area contributed by atoms with Gasteiger partial charge in [-0.2, -0.15) is 4.98 Å². The summed E-state index contributed by atoms with van der Waals surface area (Å²) in [6.45, 7) is 3.97. The zero-order valence-electron chi connectivity index (χ0n) is 15.5. The van der Waals surface area contributed by atoms with Crippen molar-refractivity contribution < 1.29 is 4.39 Å². The summed E-state index contributed by atoms with van der Waals surface area (Å²) in [5, 5.41) is 3.63. The number of hydrogen-bond acceptors (Lipinski definition) is 4. The molecule has 1 aromatic heterocycles. The van der Waals surface area contributed by atoms with Crippen molar-refractivity contribution in [2.75, 3.05) is 5.32 Å². The summed E-state index contributed by atoms with van der Waals surface area (Å²) in [5.74, 6) is -0.211. The average molecular weight is 403 g/mol. The smallest absolute Gasteiger partial charge is 0.351 e. The number of halogens is 2. The van der Waals surface area contributed by atoms with Gasteiger partial charge in [0.1, 0.15) is 5.82 Å². The van der Waals surface area contributed by atoms with E-state index >= 15 is 0 Å². The Hall–Kier alpha value is -2.93. The Balaban J connectivity index is 2.00. The standard InChI is InChI=1S/C20H20ClFN4O2/c1-13(2)26-19(27)24-18(23-11-15-4-3-5-16(21)10-15)25(20(26)28)12-14-6-8-17(22)9-7-14/h3-10,13H,11-12H2,1-2H3,(H,23,24,27). The molecule has 0 atom stereocenters. The second-order valence-corrected chi connectivity index (χ2v) is 7.10. The van der Waals surface area contributed by atoms with Crippen molar-refractivity contribution in [2.45, 2.75) is 33.0 Å². The lowest BCUT2D eigenvalue weighted by molar-refractivity contribution is 0.495. The maximum absolute atomic E-state index is 13.2. The molecule has 146 valence electrons. The molecule has 0 aliphatic rings. The number of aromatic nitrogens is 3. The van der Waals surface area contributed by atoms with Crippen LogP contribution >= 0.6 is 11.6 Å². The average Bonchev–Trinajstić information content (AvgIpc) is 2.64. The quantitative estimate of drug-likeness (QED) is 0.685. The Labute approximate surface area is 166 Å². The Morgan fingerprint density at radius 3 is 2.46 bits per heavy atom. The summed E-state index contributed by atoms with van der Waals surface area (Å²) in [6.07, 6.45) is 0. The summed E-state index contributed by atoms with van der Waals surface area (Å²) in [4.78, 5) is 29.3. The Kier molecular flexibility index (Phi) is 5.94. The lowest BCUT2D eigenvalue weighted by Gasteiger charge is -2.17. The third kappa shape index (κ3) is 4.48. The molecule has 3 rings (SSSR count). The largest absolute Gasteiger partial charge is 0.355 e. The molecule has 0 aliphatic heterocycles. The molecular formula is C20H20ClFN4O2. The van der Waals surface area contributed by atoms with Gasteiger partial charge in [0.25, 0.3) is 0 Å². The van der Waals surface area contributed by atoms with Gasteiger partial charge in [0.05, 0.1) is 6.54 Å². The first-order chi connectivity index (χ1) is 13.3. The lowest BCUT2D eigenvalue weighted by Crippen LogP contribution is -2.43. The van der Waals surface area contributed by atoms with Crippen LogP contribution in [0.4, 0.5) is 10.3 Å². The molecule has 6 nitrogen and oxygen atoms in total. The van der Waals surface area contributed by atoms with Crippen molar-refractivity contribution in [3.63, 3.8) is 0 Å². The second-order valence-electron chi connectivity index (χ2n) is 6.66. The van der Waals surface area contributed by atoms with E-state index in [-0.39, 0.29) is 24.4 Å². The first-order valence-corrected chi connectivity index (χ1v) is 9.19. The minimum atomic E-state index is -0.621.